The summed E-state index contributed by atoms with van der Waals surface area (Å²) in [4.78, 5) is 20.7. The molecular formula is C28H37N3O2. The molecule has 0 aliphatic carbocycles. The maximum Gasteiger partial charge on any atom is 0.257 e. The molecule has 1 aliphatic heterocycles. The van der Waals surface area contributed by atoms with Gasteiger partial charge in [-0.3, -0.25) is 9.69 Å². The Bertz CT molecular complexity index is 968. The molecule has 2 aromatic rings. The molecule has 3 rings (SSSR count). The van der Waals surface area contributed by atoms with Crippen molar-refractivity contribution in [2.45, 2.75) is 65.5 Å². The van der Waals surface area contributed by atoms with Crippen LogP contribution in [0.4, 0.5) is 5.69 Å². The molecule has 1 heterocycles. The van der Waals surface area contributed by atoms with Gasteiger partial charge in [-0.1, -0.05) is 80.4 Å². The Labute approximate surface area is 198 Å². The molecule has 2 atom stereocenters. The lowest BCUT2D eigenvalue weighted by Gasteiger charge is -2.43. The van der Waals surface area contributed by atoms with E-state index in [1.807, 2.05) is 67.3 Å². The zero-order valence-corrected chi connectivity index (χ0v) is 20.4. The highest BCUT2D eigenvalue weighted by atomic mass is 16.6. The van der Waals surface area contributed by atoms with Crippen LogP contribution >= 0.6 is 0 Å². The summed E-state index contributed by atoms with van der Waals surface area (Å²) in [5.74, 6) is 0.0134. The van der Waals surface area contributed by atoms with E-state index < -0.39 is 0 Å². The first kappa shape index (κ1) is 24.7. The van der Waals surface area contributed by atoms with Crippen molar-refractivity contribution in [1.29, 1.82) is 0 Å². The molecule has 0 radical (unpaired) electrons. The smallest absolute Gasteiger partial charge is 0.257 e. The number of amides is 1. The van der Waals surface area contributed by atoms with Crippen LogP contribution in [0, 0.1) is 6.92 Å². The largest absolute Gasteiger partial charge is 0.396 e. The summed E-state index contributed by atoms with van der Waals surface area (Å²) in [6.07, 6.45) is 6.36. The Kier molecular flexibility index (Phi) is 9.25. The van der Waals surface area contributed by atoms with Gasteiger partial charge in [0.15, 0.2) is 0 Å². The number of β-lactam (4-membered cyclic amide) rings is 1. The van der Waals surface area contributed by atoms with Gasteiger partial charge >= 0.3 is 0 Å². The summed E-state index contributed by atoms with van der Waals surface area (Å²) < 4.78 is 0. The molecule has 2 aromatic carbocycles. The second-order valence-corrected chi connectivity index (χ2v) is 8.63. The van der Waals surface area contributed by atoms with Crippen LogP contribution in [0.5, 0.6) is 0 Å². The minimum absolute atomic E-state index is 0.0134. The molecule has 5 nitrogen and oxygen atoms in total. The third kappa shape index (κ3) is 6.32. The van der Waals surface area contributed by atoms with Gasteiger partial charge in [0, 0.05) is 17.3 Å². The molecule has 1 amide bonds. The summed E-state index contributed by atoms with van der Waals surface area (Å²) in [6.45, 7) is 9.79. The molecule has 0 spiro atoms. The fourth-order valence-corrected chi connectivity index (χ4v) is 4.31. The van der Waals surface area contributed by atoms with E-state index in [1.165, 1.54) is 12.8 Å². The average Bonchev–Trinajstić information content (AvgIpc) is 2.83. The minimum Gasteiger partial charge on any atom is -0.396 e. The monoisotopic (exact) mass is 447 g/mol. The summed E-state index contributed by atoms with van der Waals surface area (Å²) in [5.41, 5.74) is 4.56. The lowest BCUT2D eigenvalue weighted by Crippen LogP contribution is -2.49. The van der Waals surface area contributed by atoms with Crippen molar-refractivity contribution < 1.29 is 9.63 Å². The predicted octanol–water partition coefficient (Wildman–Crippen LogP) is 5.96. The van der Waals surface area contributed by atoms with Gasteiger partial charge in [0.25, 0.3) is 5.91 Å². The van der Waals surface area contributed by atoms with E-state index >= 15 is 0 Å². The normalized spacial score (nSPS) is 18.4. The number of hydrogen-bond acceptors (Lipinski definition) is 4. The second kappa shape index (κ2) is 12.4. The number of benzene rings is 2. The number of nitrogens with zero attached hydrogens (tertiary/aromatic N) is 2. The van der Waals surface area contributed by atoms with Crippen molar-refractivity contribution in [3.8, 4) is 0 Å². The van der Waals surface area contributed by atoms with E-state index in [1.54, 1.807) is 0 Å². The number of anilines is 1. The molecule has 5 heteroatoms. The number of para-hydroxylation sites is 1. The number of rotatable bonds is 12. The maximum atomic E-state index is 13.2. The summed E-state index contributed by atoms with van der Waals surface area (Å²) >= 11 is 0. The van der Waals surface area contributed by atoms with E-state index in [2.05, 4.69) is 36.5 Å². The van der Waals surface area contributed by atoms with E-state index in [0.29, 0.717) is 18.4 Å². The van der Waals surface area contributed by atoms with Crippen molar-refractivity contribution in [2.24, 2.45) is 5.16 Å². The van der Waals surface area contributed by atoms with Crippen molar-refractivity contribution in [2.75, 3.05) is 18.1 Å². The molecular weight excluding hydrogens is 410 g/mol. The van der Waals surface area contributed by atoms with E-state index in [-0.39, 0.29) is 11.9 Å². The van der Waals surface area contributed by atoms with Gasteiger partial charge < -0.3 is 10.2 Å². The Balaban J connectivity index is 1.71. The molecule has 1 aliphatic rings. The fraction of sp³-hybridized carbons (Fsp3) is 0.429. The summed E-state index contributed by atoms with van der Waals surface area (Å²) in [5, 5.41) is 7.80. The van der Waals surface area contributed by atoms with E-state index in [9.17, 15) is 4.79 Å². The molecule has 1 fully saturated rings. The van der Waals surface area contributed by atoms with Crippen molar-refractivity contribution in [3.05, 3.63) is 77.4 Å². The number of carbonyl (C=O) groups is 1. The molecule has 0 aromatic heterocycles. The fourth-order valence-electron chi connectivity index (χ4n) is 4.31. The third-order valence-corrected chi connectivity index (χ3v) is 6.04. The van der Waals surface area contributed by atoms with Crippen LogP contribution in [0.15, 0.2) is 71.4 Å². The number of aryl methyl sites for hydroxylation is 1. The van der Waals surface area contributed by atoms with Gasteiger partial charge in [0.1, 0.15) is 6.61 Å². The molecule has 0 bridgehead atoms. The van der Waals surface area contributed by atoms with Crippen molar-refractivity contribution in [3.63, 3.8) is 0 Å². The molecule has 176 valence electrons. The number of oxime groups is 1. The molecule has 1 saturated heterocycles. The van der Waals surface area contributed by atoms with E-state index in [4.69, 9.17) is 4.84 Å². The SMILES string of the molecule is CCCCC(CCON=C(C)C=C1C(=O)N(c2ccccc2C)C1c1ccccc1)NCC. The zero-order chi connectivity index (χ0) is 23.6. The van der Waals surface area contributed by atoms with Gasteiger partial charge in [-0.25, -0.2) is 0 Å². The standard InChI is InChI=1S/C28H37N3O2/c1-5-7-16-24(29-6-2)18-19-33-30-22(4)20-25-27(23-14-9-8-10-15-23)31(28(25)32)26-17-12-11-13-21(26)3/h8-15,17,20,24,27,29H,5-7,16,18-19H2,1-4H3. The number of allylic oxidation sites excluding steroid dienone is 1. The first-order valence-electron chi connectivity index (χ1n) is 12.1. The van der Waals surface area contributed by atoms with Crippen LogP contribution in [-0.4, -0.2) is 30.8 Å². The lowest BCUT2D eigenvalue weighted by atomic mass is 9.86. The van der Waals surface area contributed by atoms with Gasteiger partial charge in [-0.15, -0.1) is 0 Å². The Morgan fingerprint density at radius 2 is 1.85 bits per heavy atom. The Morgan fingerprint density at radius 3 is 2.55 bits per heavy atom. The number of unbranched alkanes of at least 4 members (excludes halogenated alkanes) is 1. The lowest BCUT2D eigenvalue weighted by molar-refractivity contribution is -0.119. The van der Waals surface area contributed by atoms with Gasteiger partial charge in [-0.2, -0.15) is 0 Å². The first-order valence-corrected chi connectivity index (χ1v) is 12.1. The quantitative estimate of drug-likeness (QED) is 0.144. The first-order chi connectivity index (χ1) is 16.1. The molecule has 2 unspecified atom stereocenters. The highest BCUT2D eigenvalue weighted by Crippen LogP contribution is 2.44. The number of hydrogen-bond donors (Lipinski definition) is 1. The summed E-state index contributed by atoms with van der Waals surface area (Å²) in [7, 11) is 0. The van der Waals surface area contributed by atoms with Gasteiger partial charge in [-0.05, 0) is 56.5 Å². The highest BCUT2D eigenvalue weighted by molar-refractivity contribution is 6.18. The molecule has 0 saturated carbocycles. The van der Waals surface area contributed by atoms with Crippen molar-refractivity contribution >= 4 is 17.3 Å². The van der Waals surface area contributed by atoms with E-state index in [0.717, 1.165) is 41.8 Å². The second-order valence-electron chi connectivity index (χ2n) is 8.63. The Morgan fingerprint density at radius 1 is 1.12 bits per heavy atom. The number of nitrogens with one attached hydrogen (secondary N) is 1. The van der Waals surface area contributed by atoms with Crippen LogP contribution in [0.1, 0.15) is 63.6 Å². The zero-order valence-electron chi connectivity index (χ0n) is 20.4. The van der Waals surface area contributed by atoms with Crippen LogP contribution < -0.4 is 10.2 Å². The molecule has 1 N–H and O–H groups in total. The predicted molar refractivity (Wildman–Crippen MR) is 137 cm³/mol. The Hall–Kier alpha value is -2.92. The summed E-state index contributed by atoms with van der Waals surface area (Å²) in [6, 6.07) is 18.5. The van der Waals surface area contributed by atoms with Gasteiger partial charge in [0.2, 0.25) is 0 Å². The van der Waals surface area contributed by atoms with Crippen LogP contribution in [0.25, 0.3) is 0 Å². The van der Waals surface area contributed by atoms with Crippen molar-refractivity contribution in [1.82, 2.24) is 5.32 Å². The van der Waals surface area contributed by atoms with Gasteiger partial charge in [0.05, 0.1) is 11.8 Å². The highest BCUT2D eigenvalue weighted by Gasteiger charge is 2.44. The average molecular weight is 448 g/mol. The number of carbonyl (C=O) groups excluding carboxylic acids is 1. The van der Waals surface area contributed by atoms with Crippen LogP contribution in [0.3, 0.4) is 0 Å². The topological polar surface area (TPSA) is 53.9 Å². The van der Waals surface area contributed by atoms with Crippen LogP contribution in [0.2, 0.25) is 0 Å². The van der Waals surface area contributed by atoms with Crippen LogP contribution in [-0.2, 0) is 9.63 Å². The third-order valence-electron chi connectivity index (χ3n) is 6.04. The minimum atomic E-state index is -0.128. The molecule has 33 heavy (non-hydrogen) atoms. The maximum absolute atomic E-state index is 13.2.